The third-order valence-corrected chi connectivity index (χ3v) is 2.68. The average Bonchev–Trinajstić information content (AvgIpc) is 2.19. The van der Waals surface area contributed by atoms with Gasteiger partial charge in [-0.2, -0.15) is 0 Å². The first-order valence-electron chi connectivity index (χ1n) is 5.66. The fraction of sp³-hybridized carbons (Fsp3) is 0.615. The molecule has 78 valence electrons. The van der Waals surface area contributed by atoms with E-state index in [2.05, 4.69) is 37.9 Å². The van der Waals surface area contributed by atoms with Crippen molar-refractivity contribution >= 4 is 0 Å². The Morgan fingerprint density at radius 1 is 1.29 bits per heavy atom. The van der Waals surface area contributed by atoms with Crippen molar-refractivity contribution in [1.82, 2.24) is 4.98 Å². The molecule has 0 aliphatic rings. The summed E-state index contributed by atoms with van der Waals surface area (Å²) in [5.74, 6) is 0.613. The van der Waals surface area contributed by atoms with Crippen molar-refractivity contribution in [2.75, 3.05) is 0 Å². The van der Waals surface area contributed by atoms with Gasteiger partial charge in [0.15, 0.2) is 0 Å². The molecule has 1 atom stereocenters. The summed E-state index contributed by atoms with van der Waals surface area (Å²) in [5.41, 5.74) is 2.49. The normalized spacial score (nSPS) is 12.8. The smallest absolute Gasteiger partial charge is 0.0431 e. The van der Waals surface area contributed by atoms with E-state index in [1.807, 2.05) is 6.20 Å². The molecule has 14 heavy (non-hydrogen) atoms. The summed E-state index contributed by atoms with van der Waals surface area (Å²) < 4.78 is 0. The van der Waals surface area contributed by atoms with Crippen LogP contribution < -0.4 is 0 Å². The number of hydrogen-bond donors (Lipinski definition) is 0. The molecule has 0 spiro atoms. The van der Waals surface area contributed by atoms with Crippen LogP contribution in [0.15, 0.2) is 18.3 Å². The third kappa shape index (κ3) is 3.49. The van der Waals surface area contributed by atoms with Crippen LogP contribution in [0.3, 0.4) is 0 Å². The highest BCUT2D eigenvalue weighted by molar-refractivity contribution is 5.14. The highest BCUT2D eigenvalue weighted by atomic mass is 14.7. The standard InChI is InChI=1S/C13H21N/c1-4-5-6-7-12(3)13-9-8-11(2)10-14-13/h8-10,12H,4-7H2,1-3H3. The molecule has 0 saturated heterocycles. The number of aryl methyl sites for hydroxylation is 1. The second kappa shape index (κ2) is 5.79. The maximum absolute atomic E-state index is 4.46. The Hall–Kier alpha value is -0.850. The van der Waals surface area contributed by atoms with Crippen molar-refractivity contribution in [3.63, 3.8) is 0 Å². The zero-order valence-corrected chi connectivity index (χ0v) is 9.59. The van der Waals surface area contributed by atoms with Crippen LogP contribution >= 0.6 is 0 Å². The van der Waals surface area contributed by atoms with Crippen molar-refractivity contribution < 1.29 is 0 Å². The second-order valence-corrected chi connectivity index (χ2v) is 4.16. The molecule has 0 aliphatic carbocycles. The predicted molar refractivity (Wildman–Crippen MR) is 61.5 cm³/mol. The summed E-state index contributed by atoms with van der Waals surface area (Å²) in [6, 6.07) is 4.31. The zero-order valence-electron chi connectivity index (χ0n) is 9.59. The Kier molecular flexibility index (Phi) is 4.64. The van der Waals surface area contributed by atoms with Crippen LogP contribution in [0.4, 0.5) is 0 Å². The van der Waals surface area contributed by atoms with Crippen molar-refractivity contribution in [3.05, 3.63) is 29.6 Å². The summed E-state index contributed by atoms with van der Waals surface area (Å²) in [7, 11) is 0. The maximum atomic E-state index is 4.46. The lowest BCUT2D eigenvalue weighted by atomic mass is 9.99. The molecule has 0 fully saturated rings. The van der Waals surface area contributed by atoms with E-state index in [0.29, 0.717) is 5.92 Å². The molecular formula is C13H21N. The highest BCUT2D eigenvalue weighted by Crippen LogP contribution is 2.19. The van der Waals surface area contributed by atoms with Crippen LogP contribution in [-0.2, 0) is 0 Å². The van der Waals surface area contributed by atoms with E-state index >= 15 is 0 Å². The average molecular weight is 191 g/mol. The van der Waals surface area contributed by atoms with E-state index in [1.54, 1.807) is 0 Å². The van der Waals surface area contributed by atoms with Crippen molar-refractivity contribution in [2.24, 2.45) is 0 Å². The molecule has 0 aromatic carbocycles. The monoisotopic (exact) mass is 191 g/mol. The van der Waals surface area contributed by atoms with Gasteiger partial charge in [-0.3, -0.25) is 4.98 Å². The van der Waals surface area contributed by atoms with Crippen LogP contribution in [0, 0.1) is 6.92 Å². The number of hydrogen-bond acceptors (Lipinski definition) is 1. The quantitative estimate of drug-likeness (QED) is 0.639. The Balaban J connectivity index is 2.43. The van der Waals surface area contributed by atoms with E-state index in [1.165, 1.54) is 36.9 Å². The van der Waals surface area contributed by atoms with Gasteiger partial charge in [0, 0.05) is 11.9 Å². The Labute approximate surface area is 87.6 Å². The van der Waals surface area contributed by atoms with Gasteiger partial charge < -0.3 is 0 Å². The molecule has 1 rings (SSSR count). The minimum Gasteiger partial charge on any atom is -0.261 e. The molecule has 0 bridgehead atoms. The van der Waals surface area contributed by atoms with Gasteiger partial charge in [-0.05, 0) is 30.9 Å². The topological polar surface area (TPSA) is 12.9 Å². The molecule has 0 N–H and O–H groups in total. The van der Waals surface area contributed by atoms with Gasteiger partial charge in [-0.25, -0.2) is 0 Å². The largest absolute Gasteiger partial charge is 0.261 e. The van der Waals surface area contributed by atoms with Gasteiger partial charge in [0.1, 0.15) is 0 Å². The lowest BCUT2D eigenvalue weighted by Crippen LogP contribution is -1.97. The molecule has 0 radical (unpaired) electrons. The Bertz CT molecular complexity index is 250. The Morgan fingerprint density at radius 3 is 2.64 bits per heavy atom. The van der Waals surface area contributed by atoms with Gasteiger partial charge in [-0.1, -0.05) is 39.2 Å². The summed E-state index contributed by atoms with van der Waals surface area (Å²) in [4.78, 5) is 4.46. The lowest BCUT2D eigenvalue weighted by Gasteiger charge is -2.10. The van der Waals surface area contributed by atoms with Crippen LogP contribution in [0.25, 0.3) is 0 Å². The number of pyridine rings is 1. The molecule has 1 unspecified atom stereocenters. The van der Waals surface area contributed by atoms with Gasteiger partial charge in [0.25, 0.3) is 0 Å². The molecule has 0 saturated carbocycles. The van der Waals surface area contributed by atoms with Crippen molar-refractivity contribution in [3.8, 4) is 0 Å². The molecule has 0 aliphatic heterocycles. The first-order valence-corrected chi connectivity index (χ1v) is 5.66. The number of rotatable bonds is 5. The summed E-state index contributed by atoms with van der Waals surface area (Å²) >= 11 is 0. The minimum atomic E-state index is 0.613. The van der Waals surface area contributed by atoms with Gasteiger partial charge in [0.05, 0.1) is 0 Å². The first-order chi connectivity index (χ1) is 6.74. The zero-order chi connectivity index (χ0) is 10.4. The Morgan fingerprint density at radius 2 is 2.07 bits per heavy atom. The first kappa shape index (κ1) is 11.2. The van der Waals surface area contributed by atoms with Gasteiger partial charge >= 0.3 is 0 Å². The van der Waals surface area contributed by atoms with E-state index in [0.717, 1.165) is 0 Å². The highest BCUT2D eigenvalue weighted by Gasteiger charge is 2.05. The van der Waals surface area contributed by atoms with Crippen LogP contribution in [0.2, 0.25) is 0 Å². The van der Waals surface area contributed by atoms with Crippen LogP contribution in [0.5, 0.6) is 0 Å². The fourth-order valence-corrected chi connectivity index (χ4v) is 1.62. The molecule has 1 heterocycles. The van der Waals surface area contributed by atoms with Gasteiger partial charge in [0.2, 0.25) is 0 Å². The molecule has 1 aromatic heterocycles. The molecule has 0 amide bonds. The minimum absolute atomic E-state index is 0.613. The van der Waals surface area contributed by atoms with Crippen molar-refractivity contribution in [1.29, 1.82) is 0 Å². The van der Waals surface area contributed by atoms with E-state index in [4.69, 9.17) is 0 Å². The fourth-order valence-electron chi connectivity index (χ4n) is 1.62. The summed E-state index contributed by atoms with van der Waals surface area (Å²) in [6.07, 6.45) is 7.20. The van der Waals surface area contributed by atoms with Gasteiger partial charge in [-0.15, -0.1) is 0 Å². The number of unbranched alkanes of at least 4 members (excludes halogenated alkanes) is 2. The predicted octanol–water partition coefficient (Wildman–Crippen LogP) is 4.07. The summed E-state index contributed by atoms with van der Waals surface area (Å²) in [6.45, 7) is 6.60. The molecule has 1 nitrogen and oxygen atoms in total. The molecular weight excluding hydrogens is 170 g/mol. The SMILES string of the molecule is CCCCCC(C)c1ccc(C)cn1. The van der Waals surface area contributed by atoms with E-state index in [9.17, 15) is 0 Å². The van der Waals surface area contributed by atoms with Crippen molar-refractivity contribution in [2.45, 2.75) is 52.4 Å². The maximum Gasteiger partial charge on any atom is 0.0431 e. The number of aromatic nitrogens is 1. The lowest BCUT2D eigenvalue weighted by molar-refractivity contribution is 0.588. The van der Waals surface area contributed by atoms with E-state index < -0.39 is 0 Å². The third-order valence-electron chi connectivity index (χ3n) is 2.68. The number of nitrogens with zero attached hydrogens (tertiary/aromatic N) is 1. The second-order valence-electron chi connectivity index (χ2n) is 4.16. The van der Waals surface area contributed by atoms with E-state index in [-0.39, 0.29) is 0 Å². The van der Waals surface area contributed by atoms with Crippen LogP contribution in [-0.4, -0.2) is 4.98 Å². The van der Waals surface area contributed by atoms with Crippen LogP contribution in [0.1, 0.15) is 56.7 Å². The molecule has 1 heteroatoms. The molecule has 1 aromatic rings. The summed E-state index contributed by atoms with van der Waals surface area (Å²) in [5, 5.41) is 0.